The molecule has 0 atom stereocenters. The zero-order valence-electron chi connectivity index (χ0n) is 7.46. The first-order valence-corrected chi connectivity index (χ1v) is 3.82. The second kappa shape index (κ2) is 3.92. The van der Waals surface area contributed by atoms with Crippen molar-refractivity contribution in [3.8, 4) is 49.4 Å². The average molecular weight is 174 g/mol. The van der Waals surface area contributed by atoms with Gasteiger partial charge in [0.2, 0.25) is 0 Å². The first-order chi connectivity index (χ1) is 6.78. The molecule has 0 fully saturated rings. The Hall–Kier alpha value is -2.54. The van der Waals surface area contributed by atoms with Gasteiger partial charge in [0, 0.05) is 11.1 Å². The Kier molecular flexibility index (Phi) is 2.67. The van der Waals surface area contributed by atoms with Gasteiger partial charge in [0.1, 0.15) is 0 Å². The van der Waals surface area contributed by atoms with Crippen molar-refractivity contribution in [2.45, 2.75) is 0 Å². The molecule has 0 heterocycles. The van der Waals surface area contributed by atoms with Gasteiger partial charge in [-0.05, 0) is 12.1 Å². The quantitative estimate of drug-likeness (QED) is 0.524. The van der Waals surface area contributed by atoms with Crippen LogP contribution in [0.3, 0.4) is 0 Å². The van der Waals surface area contributed by atoms with Crippen molar-refractivity contribution in [2.24, 2.45) is 0 Å². The lowest BCUT2D eigenvalue weighted by Crippen LogP contribution is -1.93. The highest BCUT2D eigenvalue weighted by Gasteiger charge is 2.06. The first kappa shape index (κ1) is 9.55. The fourth-order valence-corrected chi connectivity index (χ4v) is 1.14. The summed E-state index contributed by atoms with van der Waals surface area (Å²) in [5, 5.41) is 0. The molecule has 0 bridgehead atoms. The van der Waals surface area contributed by atoms with Gasteiger partial charge in [-0.3, -0.25) is 0 Å². The molecule has 0 saturated carbocycles. The minimum atomic E-state index is 0.519. The van der Waals surface area contributed by atoms with Gasteiger partial charge in [-0.15, -0.1) is 25.7 Å². The highest BCUT2D eigenvalue weighted by atomic mass is 14.1. The van der Waals surface area contributed by atoms with Crippen molar-refractivity contribution < 1.29 is 0 Å². The Morgan fingerprint density at radius 1 is 0.643 bits per heavy atom. The smallest absolute Gasteiger partial charge is 0.0568 e. The van der Waals surface area contributed by atoms with Crippen LogP contribution in [0, 0.1) is 49.4 Å². The zero-order chi connectivity index (χ0) is 10.6. The van der Waals surface area contributed by atoms with Crippen LogP contribution in [-0.4, -0.2) is 0 Å². The van der Waals surface area contributed by atoms with Gasteiger partial charge in [-0.25, -0.2) is 0 Å². The summed E-state index contributed by atoms with van der Waals surface area (Å²) in [5.74, 6) is 9.85. The molecular weight excluding hydrogens is 168 g/mol. The van der Waals surface area contributed by atoms with Crippen molar-refractivity contribution >= 4 is 0 Å². The summed E-state index contributed by atoms with van der Waals surface area (Å²) in [4.78, 5) is 0. The third kappa shape index (κ3) is 1.34. The molecule has 0 aliphatic heterocycles. The summed E-state index contributed by atoms with van der Waals surface area (Å²) >= 11 is 0. The summed E-state index contributed by atoms with van der Waals surface area (Å²) < 4.78 is 0. The number of terminal acetylenes is 4. The SMILES string of the molecule is C#Cc1ccc(C#C)c(C#C)c1C#C. The second-order valence-electron chi connectivity index (χ2n) is 2.49. The molecule has 0 aromatic heterocycles. The highest BCUT2D eigenvalue weighted by molar-refractivity contribution is 5.64. The van der Waals surface area contributed by atoms with E-state index in [1.807, 2.05) is 0 Å². The number of hydrogen-bond donors (Lipinski definition) is 0. The molecule has 0 nitrogen and oxygen atoms in total. The third-order valence-corrected chi connectivity index (χ3v) is 1.81. The van der Waals surface area contributed by atoms with E-state index in [-0.39, 0.29) is 0 Å². The van der Waals surface area contributed by atoms with E-state index in [4.69, 9.17) is 25.7 Å². The van der Waals surface area contributed by atoms with Crippen LogP contribution in [-0.2, 0) is 0 Å². The van der Waals surface area contributed by atoms with Crippen LogP contribution in [0.4, 0.5) is 0 Å². The zero-order valence-corrected chi connectivity index (χ0v) is 7.46. The fourth-order valence-electron chi connectivity index (χ4n) is 1.14. The summed E-state index contributed by atoms with van der Waals surface area (Å²) in [6.07, 6.45) is 21.2. The van der Waals surface area contributed by atoms with Crippen LogP contribution < -0.4 is 0 Å². The second-order valence-corrected chi connectivity index (χ2v) is 2.49. The van der Waals surface area contributed by atoms with Crippen molar-refractivity contribution in [1.82, 2.24) is 0 Å². The van der Waals surface area contributed by atoms with E-state index in [2.05, 4.69) is 23.7 Å². The molecule has 0 unspecified atom stereocenters. The number of benzene rings is 1. The minimum absolute atomic E-state index is 0.519. The molecule has 14 heavy (non-hydrogen) atoms. The molecule has 62 valence electrons. The Morgan fingerprint density at radius 2 is 1.00 bits per heavy atom. The molecule has 1 rings (SSSR count). The molecule has 0 radical (unpaired) electrons. The van der Waals surface area contributed by atoms with Gasteiger partial charge >= 0.3 is 0 Å². The molecule has 0 heteroatoms. The van der Waals surface area contributed by atoms with Crippen LogP contribution in [0.1, 0.15) is 22.3 Å². The lowest BCUT2D eigenvalue weighted by atomic mass is 9.97. The molecule has 0 spiro atoms. The summed E-state index contributed by atoms with van der Waals surface area (Å²) in [6, 6.07) is 3.40. The molecule has 0 N–H and O–H groups in total. The van der Waals surface area contributed by atoms with Gasteiger partial charge in [0.25, 0.3) is 0 Å². The van der Waals surface area contributed by atoms with E-state index in [1.54, 1.807) is 12.1 Å². The molecule has 1 aromatic rings. The molecule has 1 aromatic carbocycles. The maximum absolute atomic E-state index is 5.32. The third-order valence-electron chi connectivity index (χ3n) is 1.81. The molecule has 0 aliphatic rings. The summed E-state index contributed by atoms with van der Waals surface area (Å²) in [6.45, 7) is 0. The van der Waals surface area contributed by atoms with Gasteiger partial charge in [-0.1, -0.05) is 23.7 Å². The monoisotopic (exact) mass is 174 g/mol. The van der Waals surface area contributed by atoms with E-state index in [0.717, 1.165) is 0 Å². The largest absolute Gasteiger partial charge is 0.115 e. The average Bonchev–Trinajstić information content (AvgIpc) is 2.26. The first-order valence-electron chi connectivity index (χ1n) is 3.82. The number of rotatable bonds is 0. The molecule has 0 aliphatic carbocycles. The van der Waals surface area contributed by atoms with E-state index in [0.29, 0.717) is 22.3 Å². The van der Waals surface area contributed by atoms with Gasteiger partial charge in [0.15, 0.2) is 0 Å². The maximum Gasteiger partial charge on any atom is 0.0568 e. The predicted octanol–water partition coefficient (Wildman–Crippen LogP) is 1.61. The molecular formula is C14H6. The van der Waals surface area contributed by atoms with E-state index < -0.39 is 0 Å². The van der Waals surface area contributed by atoms with Crippen LogP contribution in [0.5, 0.6) is 0 Å². The van der Waals surface area contributed by atoms with Crippen LogP contribution in [0.15, 0.2) is 12.1 Å². The van der Waals surface area contributed by atoms with Crippen LogP contribution in [0.2, 0.25) is 0 Å². The predicted molar refractivity (Wildman–Crippen MR) is 58.2 cm³/mol. The van der Waals surface area contributed by atoms with E-state index in [9.17, 15) is 0 Å². The summed E-state index contributed by atoms with van der Waals surface area (Å²) in [5.41, 5.74) is 2.23. The fraction of sp³-hybridized carbons (Fsp3) is 0. The van der Waals surface area contributed by atoms with Crippen molar-refractivity contribution in [2.75, 3.05) is 0 Å². The van der Waals surface area contributed by atoms with E-state index >= 15 is 0 Å². The van der Waals surface area contributed by atoms with Gasteiger partial charge in [0.05, 0.1) is 11.1 Å². The lowest BCUT2D eigenvalue weighted by Gasteiger charge is -2.03. The molecule has 0 amide bonds. The highest BCUT2D eigenvalue weighted by Crippen LogP contribution is 2.16. The van der Waals surface area contributed by atoms with Gasteiger partial charge < -0.3 is 0 Å². The van der Waals surface area contributed by atoms with Crippen LogP contribution >= 0.6 is 0 Å². The van der Waals surface area contributed by atoms with Crippen LogP contribution in [0.25, 0.3) is 0 Å². The lowest BCUT2D eigenvalue weighted by molar-refractivity contribution is 1.51. The Morgan fingerprint density at radius 3 is 1.21 bits per heavy atom. The Labute approximate surface area is 84.3 Å². The van der Waals surface area contributed by atoms with Gasteiger partial charge in [-0.2, -0.15) is 0 Å². The Bertz CT molecular complexity index is 481. The Balaban J connectivity index is 3.70. The summed E-state index contributed by atoms with van der Waals surface area (Å²) in [7, 11) is 0. The van der Waals surface area contributed by atoms with E-state index in [1.165, 1.54) is 0 Å². The maximum atomic E-state index is 5.32. The standard InChI is InChI=1S/C14H6/c1-5-11-9-10-12(6-2)14(8-4)13(11)7-3/h1-4,9-10H. The number of hydrogen-bond acceptors (Lipinski definition) is 0. The topological polar surface area (TPSA) is 0 Å². The van der Waals surface area contributed by atoms with Crippen molar-refractivity contribution in [3.63, 3.8) is 0 Å². The normalized spacial score (nSPS) is 7.71. The minimum Gasteiger partial charge on any atom is -0.115 e. The van der Waals surface area contributed by atoms with Crippen molar-refractivity contribution in [3.05, 3.63) is 34.4 Å². The van der Waals surface area contributed by atoms with Crippen molar-refractivity contribution in [1.29, 1.82) is 0 Å². The molecule has 0 saturated heterocycles.